The molecule has 2 N–H and O–H groups in total. The van der Waals surface area contributed by atoms with Gasteiger partial charge in [-0.1, -0.05) is 12.1 Å². The number of aromatic nitrogens is 2. The number of alkyl halides is 3. The highest BCUT2D eigenvalue weighted by Crippen LogP contribution is 2.27. The monoisotopic (exact) mass is 402 g/mol. The Morgan fingerprint density at radius 1 is 1.30 bits per heavy atom. The standard InChI is InChI=1S/C18H21F3N4O.ClH/c1-12-10-14(6-8-22-12)17(26)23-11-13-2-4-15(5-3-13)25-9-7-16(24-25)18(19,20)21;/h2-5,7,9,12,14,22H,6,8,10-11H2,1H3,(H,23,26);1H/t12-,14-;/m0./s1. The van der Waals surface area contributed by atoms with E-state index in [2.05, 4.69) is 22.7 Å². The van der Waals surface area contributed by atoms with Crippen LogP contribution in [0.3, 0.4) is 0 Å². The summed E-state index contributed by atoms with van der Waals surface area (Å²) >= 11 is 0. The molecule has 0 spiro atoms. The third kappa shape index (κ3) is 5.46. The van der Waals surface area contributed by atoms with Crippen LogP contribution >= 0.6 is 12.4 Å². The van der Waals surface area contributed by atoms with Crippen LogP contribution in [0, 0.1) is 5.92 Å². The molecule has 1 aliphatic heterocycles. The van der Waals surface area contributed by atoms with Gasteiger partial charge in [0.2, 0.25) is 5.91 Å². The van der Waals surface area contributed by atoms with Gasteiger partial charge in [0.1, 0.15) is 0 Å². The van der Waals surface area contributed by atoms with Crippen molar-refractivity contribution in [3.63, 3.8) is 0 Å². The smallest absolute Gasteiger partial charge is 0.352 e. The molecule has 1 aromatic heterocycles. The summed E-state index contributed by atoms with van der Waals surface area (Å²) in [4.78, 5) is 12.2. The van der Waals surface area contributed by atoms with Gasteiger partial charge in [-0.2, -0.15) is 18.3 Å². The van der Waals surface area contributed by atoms with Crippen molar-refractivity contribution in [1.82, 2.24) is 20.4 Å². The van der Waals surface area contributed by atoms with Gasteiger partial charge >= 0.3 is 6.18 Å². The molecular weight excluding hydrogens is 381 g/mol. The number of amides is 1. The molecule has 1 amide bonds. The van der Waals surface area contributed by atoms with Gasteiger partial charge < -0.3 is 10.6 Å². The second kappa shape index (κ2) is 8.75. The highest BCUT2D eigenvalue weighted by Gasteiger charge is 2.33. The topological polar surface area (TPSA) is 59.0 Å². The Morgan fingerprint density at radius 2 is 2.00 bits per heavy atom. The minimum absolute atomic E-state index is 0. The fourth-order valence-corrected chi connectivity index (χ4v) is 3.09. The highest BCUT2D eigenvalue weighted by atomic mass is 35.5. The summed E-state index contributed by atoms with van der Waals surface area (Å²) < 4.78 is 39.0. The number of rotatable bonds is 4. The van der Waals surface area contributed by atoms with Gasteiger partial charge in [0, 0.05) is 24.7 Å². The number of halogens is 4. The fourth-order valence-electron chi connectivity index (χ4n) is 3.09. The van der Waals surface area contributed by atoms with Gasteiger partial charge in [-0.25, -0.2) is 4.68 Å². The van der Waals surface area contributed by atoms with Gasteiger partial charge in [-0.3, -0.25) is 4.79 Å². The normalized spacial score (nSPS) is 20.0. The van der Waals surface area contributed by atoms with Crippen LogP contribution in [0.1, 0.15) is 31.0 Å². The van der Waals surface area contributed by atoms with Crippen molar-refractivity contribution < 1.29 is 18.0 Å². The molecule has 0 radical (unpaired) electrons. The summed E-state index contributed by atoms with van der Waals surface area (Å²) in [5.74, 6) is 0.0692. The van der Waals surface area contributed by atoms with E-state index >= 15 is 0 Å². The Morgan fingerprint density at radius 3 is 2.59 bits per heavy atom. The third-order valence-electron chi connectivity index (χ3n) is 4.54. The molecule has 3 rings (SSSR count). The molecule has 0 bridgehead atoms. The van der Waals surface area contributed by atoms with Gasteiger partial charge in [-0.05, 0) is 50.1 Å². The van der Waals surface area contributed by atoms with Crippen LogP contribution < -0.4 is 10.6 Å². The van der Waals surface area contributed by atoms with Crippen LogP contribution in [-0.4, -0.2) is 28.3 Å². The summed E-state index contributed by atoms with van der Waals surface area (Å²) in [6, 6.07) is 8.19. The number of carbonyl (C=O) groups excluding carboxylic acids is 1. The van der Waals surface area contributed by atoms with E-state index in [1.807, 2.05) is 0 Å². The van der Waals surface area contributed by atoms with Crippen LogP contribution in [0.25, 0.3) is 5.69 Å². The molecule has 9 heteroatoms. The molecule has 2 atom stereocenters. The average molecular weight is 403 g/mol. The summed E-state index contributed by atoms with van der Waals surface area (Å²) in [5.41, 5.74) is 0.486. The highest BCUT2D eigenvalue weighted by molar-refractivity contribution is 5.85. The Balaban J connectivity index is 0.00000261. The maximum Gasteiger partial charge on any atom is 0.435 e. The molecule has 0 unspecified atom stereocenters. The average Bonchev–Trinajstić information content (AvgIpc) is 3.10. The maximum absolute atomic E-state index is 12.6. The van der Waals surface area contributed by atoms with Crippen molar-refractivity contribution in [1.29, 1.82) is 0 Å². The molecule has 148 valence electrons. The molecular formula is C18H22ClF3N4O. The van der Waals surface area contributed by atoms with E-state index in [-0.39, 0.29) is 24.2 Å². The summed E-state index contributed by atoms with van der Waals surface area (Å²) in [6.45, 7) is 3.31. The number of nitrogens with one attached hydrogen (secondary N) is 2. The van der Waals surface area contributed by atoms with Crippen LogP contribution in [0.5, 0.6) is 0 Å². The summed E-state index contributed by atoms with van der Waals surface area (Å²) in [5, 5.41) is 9.79. The van der Waals surface area contributed by atoms with Crippen LogP contribution in [-0.2, 0) is 17.5 Å². The van der Waals surface area contributed by atoms with E-state index in [0.717, 1.165) is 31.0 Å². The maximum atomic E-state index is 12.6. The Labute approximate surface area is 161 Å². The lowest BCUT2D eigenvalue weighted by Gasteiger charge is -2.27. The van der Waals surface area contributed by atoms with Crippen LogP contribution in [0.4, 0.5) is 13.2 Å². The lowest BCUT2D eigenvalue weighted by atomic mass is 9.92. The zero-order valence-corrected chi connectivity index (χ0v) is 15.6. The number of hydrogen-bond donors (Lipinski definition) is 2. The van der Waals surface area contributed by atoms with Crippen molar-refractivity contribution in [3.8, 4) is 5.69 Å². The fraction of sp³-hybridized carbons (Fsp3) is 0.444. The lowest BCUT2D eigenvalue weighted by Crippen LogP contribution is -2.42. The molecule has 1 saturated heterocycles. The molecule has 5 nitrogen and oxygen atoms in total. The van der Waals surface area contributed by atoms with Crippen molar-refractivity contribution in [2.75, 3.05) is 6.54 Å². The van der Waals surface area contributed by atoms with Crippen molar-refractivity contribution in [2.24, 2.45) is 5.92 Å². The lowest BCUT2D eigenvalue weighted by molar-refractivity contribution is -0.141. The molecule has 0 saturated carbocycles. The molecule has 2 heterocycles. The quantitative estimate of drug-likeness (QED) is 0.824. The van der Waals surface area contributed by atoms with E-state index < -0.39 is 11.9 Å². The largest absolute Gasteiger partial charge is 0.435 e. The van der Waals surface area contributed by atoms with Crippen molar-refractivity contribution in [2.45, 2.75) is 38.5 Å². The van der Waals surface area contributed by atoms with E-state index in [9.17, 15) is 18.0 Å². The summed E-state index contributed by atoms with van der Waals surface area (Å²) in [7, 11) is 0. The Bertz CT molecular complexity index is 761. The minimum atomic E-state index is -4.46. The zero-order chi connectivity index (χ0) is 18.7. The predicted molar refractivity (Wildman–Crippen MR) is 97.8 cm³/mol. The van der Waals surface area contributed by atoms with E-state index in [0.29, 0.717) is 18.3 Å². The zero-order valence-electron chi connectivity index (χ0n) is 14.8. The Kier molecular flexibility index (Phi) is 6.89. The minimum Gasteiger partial charge on any atom is -0.352 e. The van der Waals surface area contributed by atoms with Crippen LogP contribution in [0.2, 0.25) is 0 Å². The van der Waals surface area contributed by atoms with E-state index in [1.165, 1.54) is 10.9 Å². The first-order chi connectivity index (χ1) is 12.3. The molecule has 1 fully saturated rings. The second-order valence-electron chi connectivity index (χ2n) is 6.60. The van der Waals surface area contributed by atoms with Gasteiger partial charge in [0.25, 0.3) is 0 Å². The van der Waals surface area contributed by atoms with Crippen molar-refractivity contribution in [3.05, 3.63) is 47.8 Å². The first-order valence-corrected chi connectivity index (χ1v) is 8.56. The van der Waals surface area contributed by atoms with Gasteiger partial charge in [0.15, 0.2) is 5.69 Å². The van der Waals surface area contributed by atoms with E-state index in [1.54, 1.807) is 24.3 Å². The molecule has 27 heavy (non-hydrogen) atoms. The Hall–Kier alpha value is -2.06. The summed E-state index contributed by atoms with van der Waals surface area (Å²) in [6.07, 6.45) is -1.53. The number of benzene rings is 1. The molecule has 1 aromatic carbocycles. The van der Waals surface area contributed by atoms with Crippen molar-refractivity contribution >= 4 is 18.3 Å². The number of carbonyl (C=O) groups is 1. The first kappa shape index (κ1) is 21.2. The van der Waals surface area contributed by atoms with Crippen LogP contribution in [0.15, 0.2) is 36.5 Å². The SMILES string of the molecule is C[C@H]1C[C@@H](C(=O)NCc2ccc(-n3ccc(C(F)(F)F)n3)cc2)CCN1.Cl. The number of nitrogens with zero attached hydrogens (tertiary/aromatic N) is 2. The predicted octanol–water partition coefficient (Wildman–Crippen LogP) is 3.32. The second-order valence-corrected chi connectivity index (χ2v) is 6.60. The molecule has 2 aromatic rings. The van der Waals surface area contributed by atoms with E-state index in [4.69, 9.17) is 0 Å². The first-order valence-electron chi connectivity index (χ1n) is 8.56. The number of piperidine rings is 1. The van der Waals surface area contributed by atoms with Gasteiger partial charge in [0.05, 0.1) is 5.69 Å². The third-order valence-corrected chi connectivity index (χ3v) is 4.54. The molecule has 1 aliphatic rings. The number of hydrogen-bond acceptors (Lipinski definition) is 3. The van der Waals surface area contributed by atoms with Gasteiger partial charge in [-0.15, -0.1) is 12.4 Å². The molecule has 0 aliphatic carbocycles.